The van der Waals surface area contributed by atoms with Gasteiger partial charge in [-0.3, -0.25) is 0 Å². The molecule has 1 aromatic carbocycles. The number of hydrogen-bond donors (Lipinski definition) is 2. The van der Waals surface area contributed by atoms with Crippen molar-refractivity contribution >= 4 is 43.5 Å². The Hall–Kier alpha value is -1.34. The van der Waals surface area contributed by atoms with Crippen LogP contribution < -0.4 is 5.32 Å². The predicted molar refractivity (Wildman–Crippen MR) is 74.8 cm³/mol. The maximum Gasteiger partial charge on any atom is 0.338 e. The van der Waals surface area contributed by atoms with E-state index in [9.17, 15) is 9.18 Å². The number of carbonyl (C=O) groups is 1. The highest BCUT2D eigenvalue weighted by molar-refractivity contribution is 9.13. The standard InChI is InChI=1S/C12H8Br2FNO3/c13-9-4-7(19-11(9)14)5-16-6-1-2-10(15)8(3-6)12(17)18/h1-4,16H,5H2,(H,17,18). The van der Waals surface area contributed by atoms with Crippen molar-refractivity contribution in [3.8, 4) is 0 Å². The molecule has 0 unspecified atom stereocenters. The number of benzene rings is 1. The Balaban J connectivity index is 2.11. The van der Waals surface area contributed by atoms with Crippen LogP contribution in [0.4, 0.5) is 10.1 Å². The summed E-state index contributed by atoms with van der Waals surface area (Å²) >= 11 is 6.50. The van der Waals surface area contributed by atoms with Crippen molar-refractivity contribution in [2.24, 2.45) is 0 Å². The first kappa shape index (κ1) is 14.1. The van der Waals surface area contributed by atoms with Gasteiger partial charge in [-0.1, -0.05) is 0 Å². The fourth-order valence-corrected chi connectivity index (χ4v) is 2.13. The summed E-state index contributed by atoms with van der Waals surface area (Å²) in [6, 6.07) is 5.60. The van der Waals surface area contributed by atoms with Gasteiger partial charge < -0.3 is 14.8 Å². The van der Waals surface area contributed by atoms with E-state index in [1.54, 1.807) is 6.07 Å². The van der Waals surface area contributed by atoms with Crippen LogP contribution in [0.3, 0.4) is 0 Å². The van der Waals surface area contributed by atoms with Crippen LogP contribution in [0.1, 0.15) is 16.1 Å². The van der Waals surface area contributed by atoms with Gasteiger partial charge in [0.1, 0.15) is 11.6 Å². The number of rotatable bonds is 4. The first-order valence-corrected chi connectivity index (χ1v) is 6.76. The SMILES string of the molecule is O=C(O)c1cc(NCc2cc(Br)c(Br)o2)ccc1F. The Bertz CT molecular complexity index is 608. The van der Waals surface area contributed by atoms with Gasteiger partial charge in [-0.2, -0.15) is 0 Å². The molecule has 2 rings (SSSR count). The van der Waals surface area contributed by atoms with Gasteiger partial charge in [0.05, 0.1) is 16.6 Å². The third-order valence-corrected chi connectivity index (χ3v) is 4.07. The number of aromatic carboxylic acids is 1. The van der Waals surface area contributed by atoms with E-state index in [1.165, 1.54) is 12.1 Å². The molecule has 19 heavy (non-hydrogen) atoms. The highest BCUT2D eigenvalue weighted by atomic mass is 79.9. The average molecular weight is 393 g/mol. The van der Waals surface area contributed by atoms with Crippen molar-refractivity contribution in [2.75, 3.05) is 5.32 Å². The molecular weight excluding hydrogens is 385 g/mol. The zero-order chi connectivity index (χ0) is 14.0. The monoisotopic (exact) mass is 391 g/mol. The second kappa shape index (κ2) is 5.75. The van der Waals surface area contributed by atoms with Crippen LogP contribution in [0.5, 0.6) is 0 Å². The molecule has 0 spiro atoms. The van der Waals surface area contributed by atoms with Gasteiger partial charge in [0.25, 0.3) is 0 Å². The van der Waals surface area contributed by atoms with Gasteiger partial charge >= 0.3 is 5.97 Å². The first-order chi connectivity index (χ1) is 8.97. The van der Waals surface area contributed by atoms with Gasteiger partial charge in [0.15, 0.2) is 4.67 Å². The third-order valence-electron chi connectivity index (χ3n) is 2.36. The minimum Gasteiger partial charge on any atom is -0.478 e. The van der Waals surface area contributed by atoms with E-state index in [1.807, 2.05) is 0 Å². The topological polar surface area (TPSA) is 62.5 Å². The maximum absolute atomic E-state index is 13.2. The molecule has 0 aliphatic heterocycles. The number of nitrogens with one attached hydrogen (secondary N) is 1. The molecule has 7 heteroatoms. The molecule has 0 aliphatic rings. The van der Waals surface area contributed by atoms with E-state index >= 15 is 0 Å². The molecule has 2 N–H and O–H groups in total. The fraction of sp³-hybridized carbons (Fsp3) is 0.0833. The molecular formula is C12H8Br2FNO3. The molecule has 1 aromatic heterocycles. The lowest BCUT2D eigenvalue weighted by Crippen LogP contribution is -2.04. The van der Waals surface area contributed by atoms with E-state index in [4.69, 9.17) is 9.52 Å². The molecule has 0 amide bonds. The highest BCUT2D eigenvalue weighted by Gasteiger charge is 2.11. The smallest absolute Gasteiger partial charge is 0.338 e. The van der Waals surface area contributed by atoms with Crippen molar-refractivity contribution in [2.45, 2.75) is 6.54 Å². The summed E-state index contributed by atoms with van der Waals surface area (Å²) in [7, 11) is 0. The first-order valence-electron chi connectivity index (χ1n) is 5.18. The van der Waals surface area contributed by atoms with Crippen molar-refractivity contribution in [3.05, 3.63) is 50.5 Å². The number of carboxylic acid groups (broad SMARTS) is 1. The van der Waals surface area contributed by atoms with Gasteiger partial charge in [-0.05, 0) is 56.1 Å². The molecule has 1 heterocycles. The van der Waals surface area contributed by atoms with Gasteiger partial charge in [0, 0.05) is 5.69 Å². The van der Waals surface area contributed by atoms with E-state index in [-0.39, 0.29) is 5.56 Å². The molecule has 0 atom stereocenters. The van der Waals surface area contributed by atoms with Crippen LogP contribution in [0.25, 0.3) is 0 Å². The van der Waals surface area contributed by atoms with Gasteiger partial charge in [-0.25, -0.2) is 9.18 Å². The van der Waals surface area contributed by atoms with Crippen molar-refractivity contribution in [1.29, 1.82) is 0 Å². The third kappa shape index (κ3) is 3.36. The van der Waals surface area contributed by atoms with Crippen LogP contribution >= 0.6 is 31.9 Å². The molecule has 0 bridgehead atoms. The normalized spacial score (nSPS) is 10.5. The molecule has 0 fully saturated rings. The van der Waals surface area contributed by atoms with Crippen LogP contribution in [0.2, 0.25) is 0 Å². The van der Waals surface area contributed by atoms with E-state index in [2.05, 4.69) is 37.2 Å². The van der Waals surface area contributed by atoms with Crippen LogP contribution in [0, 0.1) is 5.82 Å². The number of anilines is 1. The number of furan rings is 1. The van der Waals surface area contributed by atoms with Crippen LogP contribution in [-0.4, -0.2) is 11.1 Å². The Morgan fingerprint density at radius 2 is 2.11 bits per heavy atom. The molecule has 0 saturated carbocycles. The Morgan fingerprint density at radius 1 is 1.37 bits per heavy atom. The summed E-state index contributed by atoms with van der Waals surface area (Å²) in [4.78, 5) is 10.8. The summed E-state index contributed by atoms with van der Waals surface area (Å²) in [5.74, 6) is -1.41. The van der Waals surface area contributed by atoms with E-state index in [0.29, 0.717) is 22.7 Å². The van der Waals surface area contributed by atoms with Gasteiger partial charge in [-0.15, -0.1) is 0 Å². The van der Waals surface area contributed by atoms with Crippen LogP contribution in [-0.2, 0) is 6.54 Å². The van der Waals surface area contributed by atoms with Crippen molar-refractivity contribution < 1.29 is 18.7 Å². The van der Waals surface area contributed by atoms with E-state index in [0.717, 1.165) is 10.5 Å². The van der Waals surface area contributed by atoms with Crippen LogP contribution in [0.15, 0.2) is 37.8 Å². The molecule has 4 nitrogen and oxygen atoms in total. The lowest BCUT2D eigenvalue weighted by molar-refractivity contribution is 0.0692. The minimum atomic E-state index is -1.30. The molecule has 0 saturated heterocycles. The molecule has 0 radical (unpaired) electrons. The maximum atomic E-state index is 13.2. The van der Waals surface area contributed by atoms with Crippen molar-refractivity contribution in [1.82, 2.24) is 0 Å². The summed E-state index contributed by atoms with van der Waals surface area (Å²) in [6.07, 6.45) is 0. The largest absolute Gasteiger partial charge is 0.478 e. The fourth-order valence-electron chi connectivity index (χ4n) is 1.47. The number of hydrogen-bond acceptors (Lipinski definition) is 3. The summed E-state index contributed by atoms with van der Waals surface area (Å²) < 4.78 is 19.9. The van der Waals surface area contributed by atoms with E-state index < -0.39 is 11.8 Å². The quantitative estimate of drug-likeness (QED) is 0.816. The Morgan fingerprint density at radius 3 is 2.68 bits per heavy atom. The second-order valence-electron chi connectivity index (χ2n) is 3.69. The zero-order valence-corrected chi connectivity index (χ0v) is 12.6. The second-order valence-corrected chi connectivity index (χ2v) is 5.26. The molecule has 100 valence electrons. The number of carboxylic acids is 1. The van der Waals surface area contributed by atoms with Crippen molar-refractivity contribution in [3.63, 3.8) is 0 Å². The number of halogens is 3. The lowest BCUT2D eigenvalue weighted by Gasteiger charge is -2.06. The molecule has 0 aliphatic carbocycles. The zero-order valence-electron chi connectivity index (χ0n) is 9.41. The minimum absolute atomic E-state index is 0.356. The van der Waals surface area contributed by atoms with Gasteiger partial charge in [0.2, 0.25) is 0 Å². The molecule has 2 aromatic rings. The summed E-state index contributed by atoms with van der Waals surface area (Å²) in [5, 5.41) is 11.8. The average Bonchev–Trinajstić information content (AvgIpc) is 2.67. The Kier molecular flexibility index (Phi) is 4.26. The predicted octanol–water partition coefficient (Wildman–Crippen LogP) is 4.25. The summed E-state index contributed by atoms with van der Waals surface area (Å²) in [5.41, 5.74) is 0.134. The Labute approximate surface area is 124 Å². The summed E-state index contributed by atoms with van der Waals surface area (Å²) in [6.45, 7) is 0.356. The highest BCUT2D eigenvalue weighted by Crippen LogP contribution is 2.27. The lowest BCUT2D eigenvalue weighted by atomic mass is 10.2.